The van der Waals surface area contributed by atoms with Crippen LogP contribution in [0, 0.1) is 0 Å². The standard InChI is InChI=1S/C15H32N2O/c1-6-10-17(14-8-7-9-16-12-14)13(2)11-15(3,4)18-5/h13-14,16H,6-12H2,1-5H3. The minimum absolute atomic E-state index is 0.0203. The molecule has 0 aromatic carbocycles. The molecular weight excluding hydrogens is 224 g/mol. The monoisotopic (exact) mass is 256 g/mol. The molecule has 0 aromatic rings. The van der Waals surface area contributed by atoms with Crippen LogP contribution < -0.4 is 5.32 Å². The fourth-order valence-electron chi connectivity index (χ4n) is 3.05. The number of ether oxygens (including phenoxy) is 1. The van der Waals surface area contributed by atoms with E-state index in [2.05, 4.69) is 37.9 Å². The van der Waals surface area contributed by atoms with Gasteiger partial charge in [0.25, 0.3) is 0 Å². The van der Waals surface area contributed by atoms with Crippen LogP contribution in [0.25, 0.3) is 0 Å². The summed E-state index contributed by atoms with van der Waals surface area (Å²) in [5.41, 5.74) is -0.0203. The van der Waals surface area contributed by atoms with Crippen LogP contribution in [0.15, 0.2) is 0 Å². The second-order valence-electron chi connectivity index (χ2n) is 6.25. The summed E-state index contributed by atoms with van der Waals surface area (Å²) < 4.78 is 5.58. The van der Waals surface area contributed by atoms with Crippen molar-refractivity contribution in [2.24, 2.45) is 0 Å². The molecule has 1 aliphatic heterocycles. The molecule has 1 fully saturated rings. The van der Waals surface area contributed by atoms with E-state index in [4.69, 9.17) is 4.74 Å². The van der Waals surface area contributed by atoms with Crippen LogP contribution in [0.5, 0.6) is 0 Å². The van der Waals surface area contributed by atoms with Gasteiger partial charge in [-0.25, -0.2) is 0 Å². The highest BCUT2D eigenvalue weighted by molar-refractivity contribution is 4.85. The molecule has 0 amide bonds. The Labute approximate surface area is 113 Å². The molecular formula is C15H32N2O. The normalized spacial score (nSPS) is 23.3. The zero-order valence-corrected chi connectivity index (χ0v) is 13.0. The molecule has 3 heteroatoms. The second-order valence-corrected chi connectivity index (χ2v) is 6.25. The molecule has 1 heterocycles. The lowest BCUT2D eigenvalue weighted by Crippen LogP contribution is -2.51. The Bertz CT molecular complexity index is 225. The Balaban J connectivity index is 2.58. The first kappa shape index (κ1) is 15.9. The summed E-state index contributed by atoms with van der Waals surface area (Å²) in [4.78, 5) is 2.69. The lowest BCUT2D eigenvalue weighted by molar-refractivity contribution is -0.0143. The fraction of sp³-hybridized carbons (Fsp3) is 1.00. The number of methoxy groups -OCH3 is 1. The lowest BCUT2D eigenvalue weighted by Gasteiger charge is -2.41. The van der Waals surface area contributed by atoms with Gasteiger partial charge >= 0.3 is 0 Å². The predicted octanol–water partition coefficient (Wildman–Crippen LogP) is 2.65. The Morgan fingerprint density at radius 3 is 2.67 bits per heavy atom. The average Bonchev–Trinajstić information content (AvgIpc) is 2.36. The molecule has 0 aliphatic carbocycles. The van der Waals surface area contributed by atoms with Crippen molar-refractivity contribution in [2.75, 3.05) is 26.7 Å². The molecule has 1 saturated heterocycles. The molecule has 1 rings (SSSR count). The predicted molar refractivity (Wildman–Crippen MR) is 78.1 cm³/mol. The van der Waals surface area contributed by atoms with Crippen molar-refractivity contribution in [3.05, 3.63) is 0 Å². The van der Waals surface area contributed by atoms with Crippen LogP contribution >= 0.6 is 0 Å². The number of rotatable bonds is 7. The third kappa shape index (κ3) is 4.87. The van der Waals surface area contributed by atoms with Gasteiger partial charge in [0.15, 0.2) is 0 Å². The van der Waals surface area contributed by atoms with Gasteiger partial charge in [0, 0.05) is 25.7 Å². The summed E-state index contributed by atoms with van der Waals surface area (Å²) in [6, 6.07) is 1.30. The quantitative estimate of drug-likeness (QED) is 0.758. The fourth-order valence-corrected chi connectivity index (χ4v) is 3.05. The van der Waals surface area contributed by atoms with Gasteiger partial charge in [-0.3, -0.25) is 4.90 Å². The van der Waals surface area contributed by atoms with E-state index in [9.17, 15) is 0 Å². The van der Waals surface area contributed by atoms with Gasteiger partial charge in [-0.15, -0.1) is 0 Å². The first-order valence-electron chi connectivity index (χ1n) is 7.51. The number of piperidine rings is 1. The smallest absolute Gasteiger partial charge is 0.0637 e. The van der Waals surface area contributed by atoms with Crippen LogP contribution in [0.1, 0.15) is 53.4 Å². The zero-order valence-electron chi connectivity index (χ0n) is 13.0. The summed E-state index contributed by atoms with van der Waals surface area (Å²) in [6.45, 7) is 12.5. The van der Waals surface area contributed by atoms with E-state index < -0.39 is 0 Å². The van der Waals surface area contributed by atoms with Gasteiger partial charge < -0.3 is 10.1 Å². The number of nitrogens with zero attached hydrogens (tertiary/aromatic N) is 1. The molecule has 2 unspecified atom stereocenters. The summed E-state index contributed by atoms with van der Waals surface area (Å²) in [5.74, 6) is 0. The van der Waals surface area contributed by atoms with Gasteiger partial charge in [0.2, 0.25) is 0 Å². The van der Waals surface area contributed by atoms with E-state index in [-0.39, 0.29) is 5.60 Å². The van der Waals surface area contributed by atoms with Gasteiger partial charge in [-0.2, -0.15) is 0 Å². The Morgan fingerprint density at radius 1 is 1.44 bits per heavy atom. The summed E-state index contributed by atoms with van der Waals surface area (Å²) in [6.07, 6.45) is 4.98. The van der Waals surface area contributed by atoms with Crippen LogP contribution in [-0.4, -0.2) is 49.3 Å². The van der Waals surface area contributed by atoms with E-state index in [0.717, 1.165) is 13.0 Å². The molecule has 18 heavy (non-hydrogen) atoms. The van der Waals surface area contributed by atoms with Gasteiger partial charge in [0.1, 0.15) is 0 Å². The molecule has 0 radical (unpaired) electrons. The average molecular weight is 256 g/mol. The second kappa shape index (κ2) is 7.46. The largest absolute Gasteiger partial charge is 0.379 e. The minimum atomic E-state index is -0.0203. The summed E-state index contributed by atoms with van der Waals surface area (Å²) >= 11 is 0. The van der Waals surface area contributed by atoms with Gasteiger partial charge in [-0.1, -0.05) is 6.92 Å². The molecule has 0 aromatic heterocycles. The van der Waals surface area contributed by atoms with E-state index in [0.29, 0.717) is 12.1 Å². The van der Waals surface area contributed by atoms with E-state index in [1.54, 1.807) is 0 Å². The molecule has 108 valence electrons. The first-order valence-corrected chi connectivity index (χ1v) is 7.51. The van der Waals surface area contributed by atoms with Gasteiger partial charge in [0.05, 0.1) is 5.60 Å². The maximum absolute atomic E-state index is 5.58. The van der Waals surface area contributed by atoms with E-state index >= 15 is 0 Å². The van der Waals surface area contributed by atoms with Crippen molar-refractivity contribution in [3.63, 3.8) is 0 Å². The molecule has 0 saturated carbocycles. The molecule has 3 nitrogen and oxygen atoms in total. The summed E-state index contributed by atoms with van der Waals surface area (Å²) in [5, 5.41) is 3.53. The van der Waals surface area contributed by atoms with Crippen LogP contribution in [-0.2, 0) is 4.74 Å². The minimum Gasteiger partial charge on any atom is -0.379 e. The molecule has 1 aliphatic rings. The Kier molecular flexibility index (Phi) is 6.61. The highest BCUT2D eigenvalue weighted by Crippen LogP contribution is 2.22. The van der Waals surface area contributed by atoms with E-state index in [1.807, 2.05) is 7.11 Å². The molecule has 0 bridgehead atoms. The number of hydrogen-bond acceptors (Lipinski definition) is 3. The van der Waals surface area contributed by atoms with Crippen molar-refractivity contribution >= 4 is 0 Å². The molecule has 1 N–H and O–H groups in total. The van der Waals surface area contributed by atoms with Gasteiger partial charge in [-0.05, 0) is 59.5 Å². The number of hydrogen-bond donors (Lipinski definition) is 1. The van der Waals surface area contributed by atoms with E-state index in [1.165, 1.54) is 32.4 Å². The third-order valence-electron chi connectivity index (χ3n) is 4.13. The van der Waals surface area contributed by atoms with Crippen molar-refractivity contribution in [3.8, 4) is 0 Å². The third-order valence-corrected chi connectivity index (χ3v) is 4.13. The maximum atomic E-state index is 5.58. The van der Waals surface area contributed by atoms with Crippen LogP contribution in [0.3, 0.4) is 0 Å². The maximum Gasteiger partial charge on any atom is 0.0637 e. The Hall–Kier alpha value is -0.120. The molecule has 2 atom stereocenters. The first-order chi connectivity index (χ1) is 8.50. The number of nitrogens with one attached hydrogen (secondary N) is 1. The van der Waals surface area contributed by atoms with Crippen LogP contribution in [0.4, 0.5) is 0 Å². The van der Waals surface area contributed by atoms with Crippen LogP contribution in [0.2, 0.25) is 0 Å². The SMILES string of the molecule is CCCN(C(C)CC(C)(C)OC)C1CCCNC1. The van der Waals surface area contributed by atoms with Crippen molar-refractivity contribution in [2.45, 2.75) is 71.1 Å². The highest BCUT2D eigenvalue weighted by atomic mass is 16.5. The van der Waals surface area contributed by atoms with Crippen molar-refractivity contribution < 1.29 is 4.74 Å². The highest BCUT2D eigenvalue weighted by Gasteiger charge is 2.28. The lowest BCUT2D eigenvalue weighted by atomic mass is 9.95. The zero-order chi connectivity index (χ0) is 13.6. The van der Waals surface area contributed by atoms with Crippen molar-refractivity contribution in [1.82, 2.24) is 10.2 Å². The van der Waals surface area contributed by atoms with Crippen molar-refractivity contribution in [1.29, 1.82) is 0 Å². The molecule has 0 spiro atoms. The topological polar surface area (TPSA) is 24.5 Å². The summed E-state index contributed by atoms with van der Waals surface area (Å²) in [7, 11) is 1.82. The Morgan fingerprint density at radius 2 is 2.17 bits per heavy atom.